The molecule has 2 aliphatic rings. The van der Waals surface area contributed by atoms with Crippen molar-refractivity contribution in [3.8, 4) is 0 Å². The lowest BCUT2D eigenvalue weighted by Gasteiger charge is -2.40. The maximum Gasteiger partial charge on any atom is 0.326 e. The topological polar surface area (TPSA) is 60.9 Å². The van der Waals surface area contributed by atoms with Crippen LogP contribution >= 0.6 is 0 Å². The number of carbonyl (C=O) groups is 2. The lowest BCUT2D eigenvalue weighted by Crippen LogP contribution is -2.58. The van der Waals surface area contributed by atoms with E-state index in [1.54, 1.807) is 4.90 Å². The summed E-state index contributed by atoms with van der Waals surface area (Å²) in [5.41, 5.74) is 0. The molecule has 1 unspecified atom stereocenters. The third-order valence-electron chi connectivity index (χ3n) is 2.93. The van der Waals surface area contributed by atoms with Gasteiger partial charge in [-0.25, -0.2) is 9.59 Å². The number of hydrogen-bond acceptors (Lipinski definition) is 2. The van der Waals surface area contributed by atoms with E-state index in [0.717, 1.165) is 25.9 Å². The van der Waals surface area contributed by atoms with Crippen LogP contribution in [0.1, 0.15) is 19.3 Å². The van der Waals surface area contributed by atoms with Crippen molar-refractivity contribution in [2.75, 3.05) is 19.6 Å². The molecule has 2 fully saturated rings. The fraction of sp³-hybridized carbons (Fsp3) is 0.778. The Balaban J connectivity index is 1.94. The quantitative estimate of drug-likeness (QED) is 0.661. The van der Waals surface area contributed by atoms with E-state index in [1.807, 2.05) is 0 Å². The van der Waals surface area contributed by atoms with Gasteiger partial charge in [-0.15, -0.1) is 0 Å². The third-order valence-corrected chi connectivity index (χ3v) is 2.93. The molecule has 2 rings (SSSR count). The second-order valence-corrected chi connectivity index (χ2v) is 3.81. The third kappa shape index (κ3) is 1.42. The molecule has 0 spiro atoms. The Hall–Kier alpha value is -1.26. The average molecular weight is 198 g/mol. The number of nitrogens with zero attached hydrogens (tertiary/aromatic N) is 2. The van der Waals surface area contributed by atoms with Crippen LogP contribution in [0, 0.1) is 0 Å². The van der Waals surface area contributed by atoms with Gasteiger partial charge >= 0.3 is 12.0 Å². The number of rotatable bonds is 1. The van der Waals surface area contributed by atoms with Crippen LogP contribution in [0.4, 0.5) is 4.79 Å². The van der Waals surface area contributed by atoms with E-state index in [2.05, 4.69) is 0 Å². The predicted octanol–water partition coefficient (Wildman–Crippen LogP) is 0.361. The number of urea groups is 1. The molecule has 2 heterocycles. The standard InChI is InChI=1S/C9H14N2O3/c12-8(13)7-3-6-11(7)9(14)10-4-1-2-5-10/h7H,1-6H2,(H,12,13). The first-order chi connectivity index (χ1) is 6.70. The van der Waals surface area contributed by atoms with Crippen molar-refractivity contribution >= 4 is 12.0 Å². The average Bonchev–Trinajstić information content (AvgIpc) is 2.51. The Morgan fingerprint density at radius 3 is 2.21 bits per heavy atom. The van der Waals surface area contributed by atoms with E-state index in [9.17, 15) is 9.59 Å². The molecular weight excluding hydrogens is 184 g/mol. The number of aliphatic carboxylic acids is 1. The van der Waals surface area contributed by atoms with Gasteiger partial charge in [0.05, 0.1) is 0 Å². The highest BCUT2D eigenvalue weighted by molar-refractivity contribution is 5.84. The second kappa shape index (κ2) is 3.48. The molecule has 0 bridgehead atoms. The minimum atomic E-state index is -0.885. The van der Waals surface area contributed by atoms with Crippen molar-refractivity contribution < 1.29 is 14.7 Å². The molecule has 0 aliphatic carbocycles. The molecule has 2 saturated heterocycles. The summed E-state index contributed by atoms with van der Waals surface area (Å²) in [5.74, 6) is -0.885. The Morgan fingerprint density at radius 2 is 1.79 bits per heavy atom. The SMILES string of the molecule is O=C(O)C1CCN1C(=O)N1CCCC1. The van der Waals surface area contributed by atoms with Gasteiger partial charge in [0.25, 0.3) is 0 Å². The molecule has 0 aromatic carbocycles. The smallest absolute Gasteiger partial charge is 0.326 e. The summed E-state index contributed by atoms with van der Waals surface area (Å²) < 4.78 is 0. The molecular formula is C9H14N2O3. The first kappa shape index (κ1) is 9.30. The molecule has 14 heavy (non-hydrogen) atoms. The lowest BCUT2D eigenvalue weighted by atomic mass is 10.0. The first-order valence-electron chi connectivity index (χ1n) is 4.98. The largest absolute Gasteiger partial charge is 0.480 e. The van der Waals surface area contributed by atoms with Crippen molar-refractivity contribution in [2.24, 2.45) is 0 Å². The molecule has 2 amide bonds. The minimum Gasteiger partial charge on any atom is -0.480 e. The zero-order valence-electron chi connectivity index (χ0n) is 7.98. The Kier molecular flexibility index (Phi) is 2.31. The predicted molar refractivity (Wildman–Crippen MR) is 48.9 cm³/mol. The van der Waals surface area contributed by atoms with Crippen LogP contribution < -0.4 is 0 Å². The van der Waals surface area contributed by atoms with Gasteiger partial charge in [-0.3, -0.25) is 0 Å². The normalized spacial score (nSPS) is 26.1. The fourth-order valence-corrected chi connectivity index (χ4v) is 1.96. The van der Waals surface area contributed by atoms with Crippen molar-refractivity contribution in [2.45, 2.75) is 25.3 Å². The maximum atomic E-state index is 11.7. The van der Waals surface area contributed by atoms with Gasteiger partial charge in [0.2, 0.25) is 0 Å². The summed E-state index contributed by atoms with van der Waals surface area (Å²) in [6.45, 7) is 2.15. The van der Waals surface area contributed by atoms with Crippen molar-refractivity contribution in [3.63, 3.8) is 0 Å². The van der Waals surface area contributed by atoms with E-state index in [4.69, 9.17) is 5.11 Å². The van der Waals surface area contributed by atoms with Crippen LogP contribution in [0.5, 0.6) is 0 Å². The highest BCUT2D eigenvalue weighted by Crippen LogP contribution is 2.21. The van der Waals surface area contributed by atoms with Crippen LogP contribution in [0.3, 0.4) is 0 Å². The van der Waals surface area contributed by atoms with Crippen molar-refractivity contribution in [3.05, 3.63) is 0 Å². The minimum absolute atomic E-state index is 0.0962. The molecule has 0 radical (unpaired) electrons. The van der Waals surface area contributed by atoms with Gasteiger partial charge in [0.15, 0.2) is 0 Å². The molecule has 0 aromatic heterocycles. The molecule has 78 valence electrons. The Labute approximate surface area is 82.3 Å². The van der Waals surface area contributed by atoms with E-state index in [-0.39, 0.29) is 6.03 Å². The zero-order chi connectivity index (χ0) is 10.1. The zero-order valence-corrected chi connectivity index (χ0v) is 7.98. The number of carboxylic acids is 1. The first-order valence-corrected chi connectivity index (χ1v) is 4.98. The molecule has 0 aromatic rings. The van der Waals surface area contributed by atoms with Crippen LogP contribution in [-0.4, -0.2) is 52.6 Å². The van der Waals surface area contributed by atoms with Gasteiger partial charge in [-0.05, 0) is 19.3 Å². The van der Waals surface area contributed by atoms with Crippen molar-refractivity contribution in [1.29, 1.82) is 0 Å². The summed E-state index contributed by atoms with van der Waals surface area (Å²) >= 11 is 0. The van der Waals surface area contributed by atoms with E-state index >= 15 is 0 Å². The molecule has 1 N–H and O–H groups in total. The summed E-state index contributed by atoms with van der Waals surface area (Å²) in [7, 11) is 0. The van der Waals surface area contributed by atoms with Crippen LogP contribution in [0.2, 0.25) is 0 Å². The van der Waals surface area contributed by atoms with E-state index < -0.39 is 12.0 Å². The van der Waals surface area contributed by atoms with E-state index in [1.165, 1.54) is 4.90 Å². The van der Waals surface area contributed by atoms with Crippen molar-refractivity contribution in [1.82, 2.24) is 9.80 Å². The van der Waals surface area contributed by atoms with Gasteiger partial charge in [0, 0.05) is 19.6 Å². The summed E-state index contributed by atoms with van der Waals surface area (Å²) in [5, 5.41) is 8.78. The van der Waals surface area contributed by atoms with Gasteiger partial charge in [0.1, 0.15) is 6.04 Å². The highest BCUT2D eigenvalue weighted by Gasteiger charge is 2.39. The maximum absolute atomic E-state index is 11.7. The van der Waals surface area contributed by atoms with Gasteiger partial charge < -0.3 is 14.9 Å². The molecule has 5 nitrogen and oxygen atoms in total. The number of carboxylic acid groups (broad SMARTS) is 1. The number of carbonyl (C=O) groups excluding carboxylic acids is 1. The lowest BCUT2D eigenvalue weighted by molar-refractivity contribution is -0.146. The second-order valence-electron chi connectivity index (χ2n) is 3.81. The summed E-state index contributed by atoms with van der Waals surface area (Å²) in [6.07, 6.45) is 2.67. The van der Waals surface area contributed by atoms with Crippen LogP contribution in [-0.2, 0) is 4.79 Å². The molecule has 1 atom stereocenters. The van der Waals surface area contributed by atoms with Crippen LogP contribution in [0.25, 0.3) is 0 Å². The number of amides is 2. The monoisotopic (exact) mass is 198 g/mol. The molecule has 2 aliphatic heterocycles. The summed E-state index contributed by atoms with van der Waals surface area (Å²) in [4.78, 5) is 25.6. The van der Waals surface area contributed by atoms with Gasteiger partial charge in [-0.2, -0.15) is 0 Å². The Bertz CT molecular complexity index is 261. The molecule has 5 heteroatoms. The van der Waals surface area contributed by atoms with E-state index in [0.29, 0.717) is 13.0 Å². The molecule has 0 saturated carbocycles. The van der Waals surface area contributed by atoms with Crippen LogP contribution in [0.15, 0.2) is 0 Å². The van der Waals surface area contributed by atoms with Gasteiger partial charge in [-0.1, -0.05) is 0 Å². The summed E-state index contributed by atoms with van der Waals surface area (Å²) in [6, 6.07) is -0.677. The Morgan fingerprint density at radius 1 is 1.14 bits per heavy atom. The number of hydrogen-bond donors (Lipinski definition) is 1. The fourth-order valence-electron chi connectivity index (χ4n) is 1.96. The number of likely N-dealkylation sites (tertiary alicyclic amines) is 2. The highest BCUT2D eigenvalue weighted by atomic mass is 16.4.